The molecular formula is C24H27F2N5O4. The number of anilines is 1. The summed E-state index contributed by atoms with van der Waals surface area (Å²) in [6.07, 6.45) is -0.578. The highest BCUT2D eigenvalue weighted by molar-refractivity contribution is 5.99. The summed E-state index contributed by atoms with van der Waals surface area (Å²) in [7, 11) is 1.44. The highest BCUT2D eigenvalue weighted by Crippen LogP contribution is 2.47. The highest BCUT2D eigenvalue weighted by atomic mass is 19.3. The molecule has 9 nitrogen and oxygen atoms in total. The van der Waals surface area contributed by atoms with Crippen molar-refractivity contribution in [1.29, 1.82) is 0 Å². The molecule has 35 heavy (non-hydrogen) atoms. The van der Waals surface area contributed by atoms with E-state index in [2.05, 4.69) is 20.5 Å². The quantitative estimate of drug-likeness (QED) is 0.469. The predicted molar refractivity (Wildman–Crippen MR) is 124 cm³/mol. The van der Waals surface area contributed by atoms with Gasteiger partial charge in [0.05, 0.1) is 30.8 Å². The van der Waals surface area contributed by atoms with E-state index in [1.54, 1.807) is 18.2 Å². The summed E-state index contributed by atoms with van der Waals surface area (Å²) in [5, 5.41) is 19.1. The number of H-pyrrole nitrogens is 1. The van der Waals surface area contributed by atoms with Crippen LogP contribution in [0.1, 0.15) is 35.4 Å². The first-order valence-corrected chi connectivity index (χ1v) is 11.0. The van der Waals surface area contributed by atoms with Crippen LogP contribution in [-0.4, -0.2) is 69.7 Å². The van der Waals surface area contributed by atoms with E-state index in [0.29, 0.717) is 27.2 Å². The second-order valence-corrected chi connectivity index (χ2v) is 8.53. The number of fused-ring (bicyclic) bond motifs is 1. The van der Waals surface area contributed by atoms with Crippen LogP contribution in [0.3, 0.4) is 0 Å². The highest BCUT2D eigenvalue weighted by Gasteiger charge is 2.51. The lowest BCUT2D eigenvalue weighted by Crippen LogP contribution is -2.55. The Morgan fingerprint density at radius 1 is 1.23 bits per heavy atom. The van der Waals surface area contributed by atoms with Gasteiger partial charge in [-0.2, -0.15) is 5.10 Å². The first kappa shape index (κ1) is 20.7. The number of methoxy groups -OCH3 is 1. The number of aromatic amines is 1. The van der Waals surface area contributed by atoms with Crippen LogP contribution >= 0.6 is 0 Å². The zero-order valence-electron chi connectivity index (χ0n) is 21.9. The minimum absolute atomic E-state index is 0.0440. The number of carbonyl (C=O) groups excluding carboxylic acids is 2. The Balaban J connectivity index is 1.71. The standard InChI is InChI=1S/C24H27F2N5O4/c1-31(19(14-32)21(33)29-20-8-7-17-18(28-20)13-27-30-17)22(34)23(9-11-24(25,26)12-10-23)15-3-5-16(35-2)6-4-15/h3-8,13,19,32H,9-12,14H2,1-2H3,(H,27,30)(H,28,29,33)/t19-/m1/s1/i1D3. The third-order valence-corrected chi connectivity index (χ3v) is 6.44. The van der Waals surface area contributed by atoms with E-state index in [1.165, 1.54) is 31.5 Å². The van der Waals surface area contributed by atoms with Gasteiger partial charge in [0.25, 0.3) is 5.91 Å². The number of benzene rings is 1. The molecule has 1 aliphatic rings. The summed E-state index contributed by atoms with van der Waals surface area (Å²) in [5.74, 6) is -4.57. The number of hydrogen-bond acceptors (Lipinski definition) is 6. The molecule has 1 aliphatic carbocycles. The molecule has 4 rings (SSSR count). The molecule has 1 aromatic carbocycles. The number of hydrogen-bond donors (Lipinski definition) is 3. The van der Waals surface area contributed by atoms with Gasteiger partial charge in [-0.3, -0.25) is 14.7 Å². The molecule has 0 saturated heterocycles. The molecule has 0 aliphatic heterocycles. The van der Waals surface area contributed by atoms with Crippen LogP contribution in [0.2, 0.25) is 0 Å². The molecular weight excluding hydrogens is 460 g/mol. The maximum Gasteiger partial charge on any atom is 0.250 e. The van der Waals surface area contributed by atoms with E-state index in [4.69, 9.17) is 8.85 Å². The normalized spacial score (nSPS) is 19.1. The minimum Gasteiger partial charge on any atom is -0.497 e. The van der Waals surface area contributed by atoms with Crippen molar-refractivity contribution in [1.82, 2.24) is 20.1 Å². The van der Waals surface area contributed by atoms with E-state index < -0.39 is 55.6 Å². The number of aromatic nitrogens is 3. The van der Waals surface area contributed by atoms with E-state index in [-0.39, 0.29) is 18.7 Å². The number of halogens is 2. The molecule has 2 amide bonds. The fourth-order valence-electron chi connectivity index (χ4n) is 4.34. The average Bonchev–Trinajstić information content (AvgIpc) is 3.34. The number of nitrogens with zero attached hydrogens (tertiary/aromatic N) is 3. The summed E-state index contributed by atoms with van der Waals surface area (Å²) in [5.41, 5.74) is -0.327. The van der Waals surface area contributed by atoms with E-state index in [9.17, 15) is 23.5 Å². The van der Waals surface area contributed by atoms with Crippen LogP contribution in [0.15, 0.2) is 42.6 Å². The van der Waals surface area contributed by atoms with Gasteiger partial charge in [-0.05, 0) is 42.7 Å². The smallest absolute Gasteiger partial charge is 0.250 e. The molecule has 0 bridgehead atoms. The number of nitrogens with one attached hydrogen (secondary N) is 2. The van der Waals surface area contributed by atoms with E-state index in [1.807, 2.05) is 0 Å². The zero-order chi connectivity index (χ0) is 27.7. The molecule has 186 valence electrons. The van der Waals surface area contributed by atoms with Crippen molar-refractivity contribution in [3.8, 4) is 5.75 Å². The number of rotatable bonds is 7. The molecule has 2 aromatic heterocycles. The average molecular weight is 491 g/mol. The van der Waals surface area contributed by atoms with Crippen LogP contribution in [0.5, 0.6) is 5.75 Å². The van der Waals surface area contributed by atoms with E-state index in [0.717, 1.165) is 0 Å². The Bertz CT molecular complexity index is 1310. The Labute approximate surface area is 204 Å². The number of pyridine rings is 1. The van der Waals surface area contributed by atoms with E-state index >= 15 is 0 Å². The minimum atomic E-state index is -3.18. The largest absolute Gasteiger partial charge is 0.497 e. The lowest BCUT2D eigenvalue weighted by molar-refractivity contribution is -0.147. The molecule has 1 fully saturated rings. The van der Waals surface area contributed by atoms with Gasteiger partial charge in [0.1, 0.15) is 23.1 Å². The maximum absolute atomic E-state index is 14.2. The second-order valence-electron chi connectivity index (χ2n) is 8.53. The van der Waals surface area contributed by atoms with Crippen LogP contribution in [-0.2, 0) is 15.0 Å². The summed E-state index contributed by atoms with van der Waals surface area (Å²) in [6.45, 7) is -4.21. The van der Waals surface area contributed by atoms with Crippen molar-refractivity contribution in [2.75, 3.05) is 26.0 Å². The summed E-state index contributed by atoms with van der Waals surface area (Å²) in [6, 6.07) is 7.32. The molecule has 2 heterocycles. The maximum atomic E-state index is 14.2. The zero-order valence-corrected chi connectivity index (χ0v) is 18.9. The number of aliphatic hydroxyl groups is 1. The van der Waals surface area contributed by atoms with Gasteiger partial charge in [0, 0.05) is 23.9 Å². The first-order valence-electron chi connectivity index (χ1n) is 12.5. The molecule has 0 radical (unpaired) electrons. The van der Waals surface area contributed by atoms with Gasteiger partial charge < -0.3 is 20.1 Å². The molecule has 1 saturated carbocycles. The van der Waals surface area contributed by atoms with Gasteiger partial charge in [-0.15, -0.1) is 0 Å². The summed E-state index contributed by atoms with van der Waals surface area (Å²) in [4.78, 5) is 31.8. The van der Waals surface area contributed by atoms with Gasteiger partial charge in [-0.25, -0.2) is 13.8 Å². The van der Waals surface area contributed by atoms with Crippen LogP contribution in [0.4, 0.5) is 14.6 Å². The van der Waals surface area contributed by atoms with Gasteiger partial charge in [0.15, 0.2) is 0 Å². The third kappa shape index (κ3) is 4.81. The number of alkyl halides is 2. The Morgan fingerprint density at radius 3 is 2.57 bits per heavy atom. The van der Waals surface area contributed by atoms with Gasteiger partial charge in [0.2, 0.25) is 11.8 Å². The Morgan fingerprint density at radius 2 is 1.94 bits per heavy atom. The number of ether oxygens (including phenoxy) is 1. The molecule has 3 aromatic rings. The monoisotopic (exact) mass is 490 g/mol. The van der Waals surface area contributed by atoms with Crippen molar-refractivity contribution < 1.29 is 32.3 Å². The summed E-state index contributed by atoms with van der Waals surface area (Å²) >= 11 is 0. The fraction of sp³-hybridized carbons (Fsp3) is 0.417. The molecule has 1 atom stereocenters. The third-order valence-electron chi connectivity index (χ3n) is 6.44. The van der Waals surface area contributed by atoms with Crippen LogP contribution in [0, 0.1) is 0 Å². The molecule has 0 spiro atoms. The summed E-state index contributed by atoms with van der Waals surface area (Å²) < 4.78 is 57.7. The number of amides is 2. The Kier molecular flexibility index (Phi) is 5.67. The SMILES string of the molecule is [2H]C([2H])([2H])N(C(=O)C1(c2ccc(OC)cc2)CCC(F)(F)CC1)[C@H](CO)C(=O)Nc1ccc2[nH]ncc2n1. The van der Waals surface area contributed by atoms with Crippen LogP contribution < -0.4 is 10.1 Å². The lowest BCUT2D eigenvalue weighted by atomic mass is 9.67. The number of likely N-dealkylation sites (N-methyl/N-ethyl adjacent to an activating group) is 1. The van der Waals surface area contributed by atoms with Crippen molar-refractivity contribution in [2.45, 2.75) is 43.1 Å². The van der Waals surface area contributed by atoms with Crippen molar-refractivity contribution in [3.63, 3.8) is 0 Å². The second kappa shape index (κ2) is 9.57. The molecule has 11 heteroatoms. The lowest BCUT2D eigenvalue weighted by Gasteiger charge is -2.42. The van der Waals surface area contributed by atoms with Crippen molar-refractivity contribution >= 4 is 28.7 Å². The number of carbonyl (C=O) groups is 2. The number of aliphatic hydroxyl groups excluding tert-OH is 1. The first-order chi connectivity index (χ1) is 17.9. The van der Waals surface area contributed by atoms with Crippen LogP contribution in [0.25, 0.3) is 11.0 Å². The molecule has 3 N–H and O–H groups in total. The predicted octanol–water partition coefficient (Wildman–Crippen LogP) is 2.87. The van der Waals surface area contributed by atoms with Gasteiger partial charge in [-0.1, -0.05) is 12.1 Å². The Hall–Kier alpha value is -3.60. The topological polar surface area (TPSA) is 120 Å². The van der Waals surface area contributed by atoms with Crippen molar-refractivity contribution in [3.05, 3.63) is 48.2 Å². The molecule has 0 unspecified atom stereocenters. The fourth-order valence-corrected chi connectivity index (χ4v) is 4.34. The van der Waals surface area contributed by atoms with Crippen molar-refractivity contribution in [2.24, 2.45) is 0 Å². The van der Waals surface area contributed by atoms with Gasteiger partial charge >= 0.3 is 0 Å².